The maximum atomic E-state index is 14.0. The van der Waals surface area contributed by atoms with E-state index in [0.29, 0.717) is 25.9 Å². The van der Waals surface area contributed by atoms with E-state index in [-0.39, 0.29) is 25.3 Å². The molecule has 0 aromatic heterocycles. The van der Waals surface area contributed by atoms with Crippen molar-refractivity contribution in [1.29, 1.82) is 0 Å². The third-order valence-electron chi connectivity index (χ3n) is 8.68. The zero-order valence-electron chi connectivity index (χ0n) is 25.5. The lowest BCUT2D eigenvalue weighted by Crippen LogP contribution is -2.56. The first-order chi connectivity index (χ1) is 20.9. The number of carboxylic acid groups (broad SMARTS) is 1. The smallest absolute Gasteiger partial charge is 0.410 e. The van der Waals surface area contributed by atoms with Crippen LogP contribution in [0.1, 0.15) is 76.8 Å². The fourth-order valence-electron chi connectivity index (χ4n) is 6.28. The van der Waals surface area contributed by atoms with Crippen LogP contribution in [0, 0.1) is 5.92 Å². The highest BCUT2D eigenvalue weighted by molar-refractivity contribution is 5.96. The van der Waals surface area contributed by atoms with Crippen molar-refractivity contribution in [1.82, 2.24) is 20.4 Å². The molecule has 4 amide bonds. The highest BCUT2D eigenvalue weighted by atomic mass is 16.6. The molecule has 1 aromatic rings. The van der Waals surface area contributed by atoms with E-state index in [0.717, 1.165) is 30.4 Å². The molecule has 12 heteroatoms. The molecule has 0 bridgehead atoms. The molecule has 44 heavy (non-hydrogen) atoms. The van der Waals surface area contributed by atoms with Gasteiger partial charge in [0, 0.05) is 25.4 Å². The largest absolute Gasteiger partial charge is 0.479 e. The lowest BCUT2D eigenvalue weighted by atomic mass is 10.0. The van der Waals surface area contributed by atoms with Crippen LogP contribution < -0.4 is 10.6 Å². The average Bonchev–Trinajstić information content (AvgIpc) is 3.27. The Bertz CT molecular complexity index is 1310. The number of nitrogens with zero attached hydrogens (tertiary/aromatic N) is 2. The van der Waals surface area contributed by atoms with Crippen molar-refractivity contribution in [3.05, 3.63) is 47.5 Å². The van der Waals surface area contributed by atoms with Crippen molar-refractivity contribution in [2.45, 2.75) is 108 Å². The summed E-state index contributed by atoms with van der Waals surface area (Å²) in [5, 5.41) is 15.4. The van der Waals surface area contributed by atoms with Gasteiger partial charge in [-0.05, 0) is 57.6 Å². The molecule has 238 valence electrons. The van der Waals surface area contributed by atoms with Gasteiger partial charge in [-0.25, -0.2) is 14.4 Å². The maximum absolute atomic E-state index is 14.0. The minimum absolute atomic E-state index is 0.000531. The molecule has 1 aliphatic carbocycles. The van der Waals surface area contributed by atoms with E-state index < -0.39 is 59.3 Å². The summed E-state index contributed by atoms with van der Waals surface area (Å²) in [6.07, 6.45) is 5.25. The fraction of sp³-hybridized carbons (Fsp3) is 0.594. The predicted octanol–water partition coefficient (Wildman–Crippen LogP) is 3.48. The Balaban J connectivity index is 1.37. The lowest BCUT2D eigenvalue weighted by Gasteiger charge is -2.30. The quantitative estimate of drug-likeness (QED) is 0.440. The summed E-state index contributed by atoms with van der Waals surface area (Å²) < 4.78 is 11.2. The topological polar surface area (TPSA) is 155 Å². The molecule has 1 unspecified atom stereocenters. The number of nitrogens with one attached hydrogen (secondary N) is 2. The van der Waals surface area contributed by atoms with Crippen LogP contribution in [-0.2, 0) is 36.9 Å². The first kappa shape index (κ1) is 31.3. The normalized spacial score (nSPS) is 29.6. The first-order valence-electron chi connectivity index (χ1n) is 15.4. The van der Waals surface area contributed by atoms with Crippen LogP contribution in [0.3, 0.4) is 0 Å². The second-order valence-electron chi connectivity index (χ2n) is 13.2. The summed E-state index contributed by atoms with van der Waals surface area (Å²) >= 11 is 0. The monoisotopic (exact) mass is 610 g/mol. The number of rotatable bonds is 3. The van der Waals surface area contributed by atoms with Crippen molar-refractivity contribution in [2.75, 3.05) is 6.54 Å². The second-order valence-corrected chi connectivity index (χ2v) is 13.2. The van der Waals surface area contributed by atoms with Crippen molar-refractivity contribution >= 4 is 30.0 Å². The molecule has 0 spiro atoms. The standard InChI is InChI=1S/C32H42N4O8/c1-31(2,3)44-29(41)33-24-14-8-6-4-5-7-13-22-16-32(22,28(39)40)34-26(37)25-15-23(19-36(25)27(24)38)43-30(42)35-17-20-11-9-10-12-21(20)18-35/h7,9-13,22-25H,4-6,8,14-19H2,1-3H3,(H,33,41)(H,34,37)(H,39,40)/b13-7-/t22?,23-,24+,25+,32-/m1/s1. The molecular weight excluding hydrogens is 568 g/mol. The number of aliphatic carboxylic acids is 1. The van der Waals surface area contributed by atoms with Gasteiger partial charge in [-0.1, -0.05) is 49.3 Å². The molecule has 0 radical (unpaired) electrons. The molecule has 12 nitrogen and oxygen atoms in total. The summed E-state index contributed by atoms with van der Waals surface area (Å²) in [6, 6.07) is 5.65. The number of benzene rings is 1. The molecule has 1 aromatic carbocycles. The zero-order chi connectivity index (χ0) is 31.6. The van der Waals surface area contributed by atoms with Gasteiger partial charge in [-0.15, -0.1) is 0 Å². The lowest BCUT2D eigenvalue weighted by molar-refractivity contribution is -0.145. The number of hydrogen-bond acceptors (Lipinski definition) is 7. The minimum Gasteiger partial charge on any atom is -0.479 e. The summed E-state index contributed by atoms with van der Waals surface area (Å²) in [6.45, 7) is 5.89. The van der Waals surface area contributed by atoms with Gasteiger partial charge < -0.3 is 30.1 Å². The van der Waals surface area contributed by atoms with Crippen LogP contribution in [0.2, 0.25) is 0 Å². The Morgan fingerprint density at radius 3 is 2.43 bits per heavy atom. The van der Waals surface area contributed by atoms with Gasteiger partial charge in [-0.3, -0.25) is 14.5 Å². The average molecular weight is 611 g/mol. The summed E-state index contributed by atoms with van der Waals surface area (Å²) in [4.78, 5) is 68.8. The van der Waals surface area contributed by atoms with Gasteiger partial charge in [0.15, 0.2) is 0 Å². The highest BCUT2D eigenvalue weighted by Gasteiger charge is 2.61. The van der Waals surface area contributed by atoms with Gasteiger partial charge >= 0.3 is 18.2 Å². The Labute approximate surface area is 257 Å². The molecule has 5 atom stereocenters. The molecule has 5 rings (SSSR count). The summed E-state index contributed by atoms with van der Waals surface area (Å²) in [5.74, 6) is -2.63. The van der Waals surface area contributed by atoms with Crippen LogP contribution in [0.15, 0.2) is 36.4 Å². The van der Waals surface area contributed by atoms with E-state index in [1.165, 1.54) is 4.90 Å². The third-order valence-corrected chi connectivity index (χ3v) is 8.68. The van der Waals surface area contributed by atoms with Gasteiger partial charge in [0.25, 0.3) is 0 Å². The molecule has 4 aliphatic rings. The zero-order valence-corrected chi connectivity index (χ0v) is 25.5. The van der Waals surface area contributed by atoms with E-state index in [9.17, 15) is 29.1 Å². The molecule has 2 fully saturated rings. The number of alkyl carbamates (subject to hydrolysis) is 1. The number of carbonyl (C=O) groups excluding carboxylic acids is 4. The third kappa shape index (κ3) is 7.00. The number of amides is 4. The number of carboxylic acids is 1. The Hall–Kier alpha value is -4.09. The van der Waals surface area contributed by atoms with Crippen LogP contribution in [0.4, 0.5) is 9.59 Å². The van der Waals surface area contributed by atoms with Crippen molar-refractivity contribution < 1.29 is 38.6 Å². The van der Waals surface area contributed by atoms with Crippen LogP contribution in [0.5, 0.6) is 0 Å². The van der Waals surface area contributed by atoms with Crippen molar-refractivity contribution in [3.63, 3.8) is 0 Å². The van der Waals surface area contributed by atoms with E-state index in [1.807, 2.05) is 36.4 Å². The Kier molecular flexibility index (Phi) is 8.90. The Morgan fingerprint density at radius 1 is 1.07 bits per heavy atom. The maximum Gasteiger partial charge on any atom is 0.410 e. The van der Waals surface area contributed by atoms with Gasteiger partial charge in [-0.2, -0.15) is 0 Å². The van der Waals surface area contributed by atoms with Gasteiger partial charge in [0.2, 0.25) is 11.8 Å². The van der Waals surface area contributed by atoms with Gasteiger partial charge in [0.1, 0.15) is 29.3 Å². The number of ether oxygens (including phenoxy) is 2. The molecule has 1 saturated carbocycles. The number of carbonyl (C=O) groups is 5. The summed E-state index contributed by atoms with van der Waals surface area (Å²) in [5.41, 5.74) is -0.176. The molecule has 3 heterocycles. The van der Waals surface area contributed by atoms with E-state index in [4.69, 9.17) is 9.47 Å². The summed E-state index contributed by atoms with van der Waals surface area (Å²) in [7, 11) is 0. The van der Waals surface area contributed by atoms with Crippen LogP contribution >= 0.6 is 0 Å². The SMILES string of the molecule is CC(C)(C)OC(=O)N[C@H]1CCCCC/C=C\C2C[C@@]2(C(=O)O)NC(=O)[C@@H]2C[C@@H](OC(=O)N3Cc4ccccc4C3)CN2C1=O. The first-order valence-corrected chi connectivity index (χ1v) is 15.4. The molecule has 1 saturated heterocycles. The van der Waals surface area contributed by atoms with Crippen molar-refractivity contribution in [3.8, 4) is 0 Å². The molecule has 3 aliphatic heterocycles. The minimum atomic E-state index is -1.45. The van der Waals surface area contributed by atoms with Crippen LogP contribution in [-0.4, -0.2) is 80.7 Å². The molecular formula is C32H42N4O8. The predicted molar refractivity (Wildman–Crippen MR) is 158 cm³/mol. The van der Waals surface area contributed by atoms with Gasteiger partial charge in [0.05, 0.1) is 6.54 Å². The number of hydrogen-bond donors (Lipinski definition) is 3. The van der Waals surface area contributed by atoms with E-state index in [2.05, 4.69) is 10.6 Å². The van der Waals surface area contributed by atoms with E-state index >= 15 is 0 Å². The highest BCUT2D eigenvalue weighted by Crippen LogP contribution is 2.45. The van der Waals surface area contributed by atoms with Crippen LogP contribution in [0.25, 0.3) is 0 Å². The number of fused-ring (bicyclic) bond motifs is 3. The van der Waals surface area contributed by atoms with E-state index in [1.54, 1.807) is 25.7 Å². The Morgan fingerprint density at radius 2 is 1.77 bits per heavy atom. The fourth-order valence-corrected chi connectivity index (χ4v) is 6.28. The second kappa shape index (κ2) is 12.5. The molecule has 3 N–H and O–H groups in total. The van der Waals surface area contributed by atoms with Crippen molar-refractivity contribution in [2.24, 2.45) is 5.92 Å². The number of allylic oxidation sites excluding steroid dienone is 1.